The molecule has 98 valence electrons. The Kier molecular flexibility index (Phi) is 3.25. The smallest absolute Gasteiger partial charge is 0.149 e. The Morgan fingerprint density at radius 2 is 2.16 bits per heavy atom. The van der Waals surface area contributed by atoms with Crippen molar-refractivity contribution in [2.45, 2.75) is 13.0 Å². The summed E-state index contributed by atoms with van der Waals surface area (Å²) in [4.78, 5) is 4.44. The van der Waals surface area contributed by atoms with E-state index in [1.165, 1.54) is 6.07 Å². The summed E-state index contributed by atoms with van der Waals surface area (Å²) < 4.78 is 21.2. The molecule has 0 N–H and O–H groups in total. The van der Waals surface area contributed by atoms with E-state index in [4.69, 9.17) is 16.0 Å². The number of alkyl halides is 1. The molecule has 5 heteroatoms. The first-order valence-electron chi connectivity index (χ1n) is 6.01. The van der Waals surface area contributed by atoms with Crippen LogP contribution in [0.4, 0.5) is 4.39 Å². The Hall–Kier alpha value is -1.81. The molecule has 0 bridgehead atoms. The summed E-state index contributed by atoms with van der Waals surface area (Å²) >= 11 is 5.79. The molecular formula is C14H12ClFN2O. The molecule has 0 amide bonds. The van der Waals surface area contributed by atoms with Crippen LogP contribution in [-0.4, -0.2) is 15.4 Å². The van der Waals surface area contributed by atoms with Gasteiger partial charge in [-0.3, -0.25) is 0 Å². The maximum atomic E-state index is 14.0. The number of hydrogen-bond acceptors (Lipinski definition) is 2. The zero-order valence-electron chi connectivity index (χ0n) is 10.1. The third kappa shape index (κ3) is 2.24. The minimum Gasteiger partial charge on any atom is -0.467 e. The normalized spacial score (nSPS) is 11.3. The van der Waals surface area contributed by atoms with Crippen LogP contribution in [0.2, 0.25) is 0 Å². The van der Waals surface area contributed by atoms with Crippen molar-refractivity contribution in [3.05, 3.63) is 54.0 Å². The lowest BCUT2D eigenvalue weighted by Gasteiger charge is -2.06. The lowest BCUT2D eigenvalue weighted by molar-refractivity contribution is 0.490. The van der Waals surface area contributed by atoms with Gasteiger partial charge in [-0.25, -0.2) is 9.37 Å². The fourth-order valence-electron chi connectivity index (χ4n) is 2.19. The average Bonchev–Trinajstić information content (AvgIpc) is 3.00. The summed E-state index contributed by atoms with van der Waals surface area (Å²) in [6.07, 6.45) is 2.20. The van der Waals surface area contributed by atoms with Crippen molar-refractivity contribution in [3.8, 4) is 0 Å². The van der Waals surface area contributed by atoms with Gasteiger partial charge in [0.15, 0.2) is 0 Å². The number of aryl methyl sites for hydroxylation is 1. The third-order valence-corrected chi connectivity index (χ3v) is 3.20. The SMILES string of the molecule is Fc1cccc2nc(CCCl)n(Cc3ccco3)c12. The highest BCUT2D eigenvalue weighted by Gasteiger charge is 2.14. The molecule has 0 saturated carbocycles. The van der Waals surface area contributed by atoms with Crippen molar-refractivity contribution in [2.75, 3.05) is 5.88 Å². The molecule has 2 aromatic heterocycles. The van der Waals surface area contributed by atoms with Crippen LogP contribution in [0, 0.1) is 5.82 Å². The van der Waals surface area contributed by atoms with E-state index in [2.05, 4.69) is 4.98 Å². The van der Waals surface area contributed by atoms with E-state index in [-0.39, 0.29) is 5.82 Å². The van der Waals surface area contributed by atoms with E-state index in [1.54, 1.807) is 18.4 Å². The number of halogens is 2. The van der Waals surface area contributed by atoms with Crippen LogP contribution in [0.25, 0.3) is 11.0 Å². The molecule has 3 rings (SSSR count). The fraction of sp³-hybridized carbons (Fsp3) is 0.214. The van der Waals surface area contributed by atoms with Gasteiger partial charge in [-0.05, 0) is 24.3 Å². The first-order chi connectivity index (χ1) is 9.29. The van der Waals surface area contributed by atoms with Gasteiger partial charge in [-0.2, -0.15) is 0 Å². The van der Waals surface area contributed by atoms with Gasteiger partial charge in [0.05, 0.1) is 18.3 Å². The number of aromatic nitrogens is 2. The molecule has 0 saturated heterocycles. The van der Waals surface area contributed by atoms with Crippen molar-refractivity contribution in [1.29, 1.82) is 0 Å². The van der Waals surface area contributed by atoms with Crippen molar-refractivity contribution in [1.82, 2.24) is 9.55 Å². The van der Waals surface area contributed by atoms with E-state index < -0.39 is 0 Å². The summed E-state index contributed by atoms with van der Waals surface area (Å²) in [5.41, 5.74) is 1.14. The lowest BCUT2D eigenvalue weighted by atomic mass is 10.3. The van der Waals surface area contributed by atoms with Gasteiger partial charge in [-0.15, -0.1) is 11.6 Å². The molecule has 0 unspecified atom stereocenters. The van der Waals surface area contributed by atoms with Crippen LogP contribution in [0.3, 0.4) is 0 Å². The zero-order chi connectivity index (χ0) is 13.2. The quantitative estimate of drug-likeness (QED) is 0.683. The maximum Gasteiger partial charge on any atom is 0.149 e. The number of para-hydroxylation sites is 1. The fourth-order valence-corrected chi connectivity index (χ4v) is 2.36. The number of rotatable bonds is 4. The predicted molar refractivity (Wildman–Crippen MR) is 71.9 cm³/mol. The minimum atomic E-state index is -0.280. The number of hydrogen-bond donors (Lipinski definition) is 0. The summed E-state index contributed by atoms with van der Waals surface area (Å²) in [5, 5.41) is 0. The second-order valence-electron chi connectivity index (χ2n) is 4.24. The standard InChI is InChI=1S/C14H12ClFN2O/c15-7-6-13-17-12-5-1-4-11(16)14(12)18(13)9-10-3-2-8-19-10/h1-5,8H,6-7,9H2. The Morgan fingerprint density at radius 3 is 2.89 bits per heavy atom. The Labute approximate surface area is 114 Å². The molecule has 3 nitrogen and oxygen atoms in total. The van der Waals surface area contributed by atoms with Gasteiger partial charge < -0.3 is 8.98 Å². The van der Waals surface area contributed by atoms with Crippen LogP contribution >= 0.6 is 11.6 Å². The number of furan rings is 1. The van der Waals surface area contributed by atoms with Gasteiger partial charge in [0.25, 0.3) is 0 Å². The first-order valence-corrected chi connectivity index (χ1v) is 6.55. The molecule has 0 aliphatic heterocycles. The molecule has 0 atom stereocenters. The van der Waals surface area contributed by atoms with Crippen molar-refractivity contribution in [2.24, 2.45) is 0 Å². The van der Waals surface area contributed by atoms with E-state index >= 15 is 0 Å². The van der Waals surface area contributed by atoms with Crippen LogP contribution < -0.4 is 0 Å². The second kappa shape index (κ2) is 5.05. The Balaban J connectivity index is 2.15. The van der Waals surface area contributed by atoms with E-state index in [9.17, 15) is 4.39 Å². The molecule has 0 spiro atoms. The molecule has 3 aromatic rings. The molecule has 1 aromatic carbocycles. The van der Waals surface area contributed by atoms with Gasteiger partial charge in [-0.1, -0.05) is 6.07 Å². The number of benzene rings is 1. The predicted octanol–water partition coefficient (Wildman–Crippen LogP) is 3.60. The van der Waals surface area contributed by atoms with Gasteiger partial charge in [0, 0.05) is 12.3 Å². The first kappa shape index (κ1) is 12.2. The highest BCUT2D eigenvalue weighted by Crippen LogP contribution is 2.21. The highest BCUT2D eigenvalue weighted by molar-refractivity contribution is 6.17. The summed E-state index contributed by atoms with van der Waals surface area (Å²) in [7, 11) is 0. The second-order valence-corrected chi connectivity index (χ2v) is 4.62. The van der Waals surface area contributed by atoms with Crippen LogP contribution in [0.1, 0.15) is 11.6 Å². The lowest BCUT2D eigenvalue weighted by Crippen LogP contribution is -2.06. The summed E-state index contributed by atoms with van der Waals surface area (Å²) in [5.74, 6) is 1.70. The molecule has 0 radical (unpaired) electrons. The Morgan fingerprint density at radius 1 is 1.26 bits per heavy atom. The number of fused-ring (bicyclic) bond motifs is 1. The number of nitrogens with zero attached hydrogens (tertiary/aromatic N) is 2. The Bertz CT molecular complexity index is 691. The molecule has 0 aliphatic rings. The van der Waals surface area contributed by atoms with Crippen LogP contribution in [0.15, 0.2) is 41.0 Å². The van der Waals surface area contributed by atoms with Gasteiger partial charge >= 0.3 is 0 Å². The number of imidazole rings is 1. The average molecular weight is 279 g/mol. The zero-order valence-corrected chi connectivity index (χ0v) is 10.9. The summed E-state index contributed by atoms with van der Waals surface area (Å²) in [6, 6.07) is 8.57. The third-order valence-electron chi connectivity index (χ3n) is 3.01. The largest absolute Gasteiger partial charge is 0.467 e. The van der Waals surface area contributed by atoms with Crippen molar-refractivity contribution < 1.29 is 8.81 Å². The minimum absolute atomic E-state index is 0.280. The van der Waals surface area contributed by atoms with E-state index in [0.29, 0.717) is 29.9 Å². The molecule has 0 aliphatic carbocycles. The van der Waals surface area contributed by atoms with E-state index in [1.807, 2.05) is 16.7 Å². The van der Waals surface area contributed by atoms with Crippen LogP contribution in [0.5, 0.6) is 0 Å². The topological polar surface area (TPSA) is 31.0 Å². The highest BCUT2D eigenvalue weighted by atomic mass is 35.5. The monoisotopic (exact) mass is 278 g/mol. The molecular weight excluding hydrogens is 267 g/mol. The van der Waals surface area contributed by atoms with Crippen LogP contribution in [-0.2, 0) is 13.0 Å². The van der Waals surface area contributed by atoms with Gasteiger partial charge in [0.2, 0.25) is 0 Å². The van der Waals surface area contributed by atoms with E-state index in [0.717, 1.165) is 11.6 Å². The summed E-state index contributed by atoms with van der Waals surface area (Å²) in [6.45, 7) is 0.455. The molecule has 0 fully saturated rings. The van der Waals surface area contributed by atoms with Crippen molar-refractivity contribution in [3.63, 3.8) is 0 Å². The molecule has 2 heterocycles. The maximum absolute atomic E-state index is 14.0. The van der Waals surface area contributed by atoms with Crippen molar-refractivity contribution >= 4 is 22.6 Å². The van der Waals surface area contributed by atoms with Gasteiger partial charge in [0.1, 0.15) is 22.9 Å². The molecule has 19 heavy (non-hydrogen) atoms.